The van der Waals surface area contributed by atoms with Crippen LogP contribution in [0.2, 0.25) is 0 Å². The van der Waals surface area contributed by atoms with Crippen LogP contribution < -0.4 is 10.0 Å². The number of rotatable bonds is 8. The number of carbonyl (C=O) groups is 1. The molecule has 0 aliphatic rings. The molecule has 0 heterocycles. The molecule has 0 saturated carbocycles. The average Bonchev–Trinajstić information content (AvgIpc) is 2.69. The standard InChI is InChI=1S/C19H19N3O4S/c1-26-19(23)16(13-20)14-21-17-7-9-18(10-8-17)27(24,25)22-12-11-15-5-3-2-4-6-15/h2-10,14,21-22H,11-12H2,1H3/b16-14+. The number of sulfonamides is 1. The second kappa shape index (κ2) is 9.52. The highest BCUT2D eigenvalue weighted by atomic mass is 32.2. The molecule has 0 spiro atoms. The first-order valence-electron chi connectivity index (χ1n) is 8.05. The molecule has 0 radical (unpaired) electrons. The van der Waals surface area contributed by atoms with Gasteiger partial charge < -0.3 is 10.1 Å². The molecule has 2 aromatic rings. The smallest absolute Gasteiger partial charge is 0.350 e. The van der Waals surface area contributed by atoms with Gasteiger partial charge in [-0.15, -0.1) is 0 Å². The van der Waals surface area contributed by atoms with Gasteiger partial charge in [-0.2, -0.15) is 5.26 Å². The molecule has 7 nitrogen and oxygen atoms in total. The van der Waals surface area contributed by atoms with Crippen LogP contribution in [0.5, 0.6) is 0 Å². The van der Waals surface area contributed by atoms with Crippen molar-refractivity contribution in [2.45, 2.75) is 11.3 Å². The lowest BCUT2D eigenvalue weighted by Gasteiger charge is -2.08. The van der Waals surface area contributed by atoms with Gasteiger partial charge in [0.05, 0.1) is 12.0 Å². The van der Waals surface area contributed by atoms with Crippen molar-refractivity contribution in [2.24, 2.45) is 0 Å². The molecule has 140 valence electrons. The van der Waals surface area contributed by atoms with Gasteiger partial charge in [0.15, 0.2) is 5.57 Å². The Morgan fingerprint density at radius 2 is 1.81 bits per heavy atom. The zero-order valence-electron chi connectivity index (χ0n) is 14.7. The van der Waals surface area contributed by atoms with E-state index in [-0.39, 0.29) is 10.5 Å². The van der Waals surface area contributed by atoms with Gasteiger partial charge in [0.1, 0.15) is 6.07 Å². The Kier molecular flexibility index (Phi) is 7.11. The summed E-state index contributed by atoms with van der Waals surface area (Å²) >= 11 is 0. The van der Waals surface area contributed by atoms with Gasteiger partial charge in [0, 0.05) is 18.4 Å². The fourth-order valence-electron chi connectivity index (χ4n) is 2.19. The molecular weight excluding hydrogens is 366 g/mol. The first-order chi connectivity index (χ1) is 13.0. The first-order valence-corrected chi connectivity index (χ1v) is 9.53. The van der Waals surface area contributed by atoms with Gasteiger partial charge in [-0.25, -0.2) is 17.9 Å². The fourth-order valence-corrected chi connectivity index (χ4v) is 3.22. The summed E-state index contributed by atoms with van der Waals surface area (Å²) in [5, 5.41) is 11.6. The van der Waals surface area contributed by atoms with E-state index in [9.17, 15) is 13.2 Å². The maximum Gasteiger partial charge on any atom is 0.350 e. The lowest BCUT2D eigenvalue weighted by molar-refractivity contribution is -0.135. The Morgan fingerprint density at radius 1 is 1.15 bits per heavy atom. The zero-order valence-corrected chi connectivity index (χ0v) is 15.5. The number of carbonyl (C=O) groups excluding carboxylic acids is 1. The van der Waals surface area contributed by atoms with Crippen molar-refractivity contribution in [1.82, 2.24) is 4.72 Å². The maximum absolute atomic E-state index is 12.3. The number of esters is 1. The van der Waals surface area contributed by atoms with Crippen molar-refractivity contribution >= 4 is 21.7 Å². The predicted octanol–water partition coefficient (Wildman–Crippen LogP) is 2.20. The van der Waals surface area contributed by atoms with Crippen molar-refractivity contribution < 1.29 is 17.9 Å². The molecule has 27 heavy (non-hydrogen) atoms. The maximum atomic E-state index is 12.3. The Balaban J connectivity index is 1.97. The summed E-state index contributed by atoms with van der Waals surface area (Å²) in [4.78, 5) is 11.4. The monoisotopic (exact) mass is 385 g/mol. The molecule has 2 rings (SSSR count). The van der Waals surface area contributed by atoms with Crippen LogP contribution >= 0.6 is 0 Å². The van der Waals surface area contributed by atoms with E-state index in [2.05, 4.69) is 14.8 Å². The Labute approximate surface area is 158 Å². The molecule has 0 saturated heterocycles. The molecule has 0 aromatic heterocycles. The highest BCUT2D eigenvalue weighted by Crippen LogP contribution is 2.14. The minimum Gasteiger partial charge on any atom is -0.465 e. The van der Waals surface area contributed by atoms with Crippen LogP contribution in [-0.2, 0) is 26.0 Å². The van der Waals surface area contributed by atoms with Gasteiger partial charge in [-0.1, -0.05) is 30.3 Å². The van der Waals surface area contributed by atoms with E-state index in [1.807, 2.05) is 30.3 Å². The minimum atomic E-state index is -3.62. The Morgan fingerprint density at radius 3 is 2.41 bits per heavy atom. The number of nitrogens with one attached hydrogen (secondary N) is 2. The zero-order chi connectivity index (χ0) is 19.7. The van der Waals surface area contributed by atoms with Crippen molar-refractivity contribution in [3.05, 3.63) is 71.9 Å². The van der Waals surface area contributed by atoms with Crippen LogP contribution in [0, 0.1) is 11.3 Å². The highest BCUT2D eigenvalue weighted by molar-refractivity contribution is 7.89. The molecule has 0 aliphatic heterocycles. The lowest BCUT2D eigenvalue weighted by atomic mass is 10.2. The van der Waals surface area contributed by atoms with Crippen LogP contribution in [0.4, 0.5) is 5.69 Å². The second-order valence-corrected chi connectivity index (χ2v) is 7.23. The first kappa shape index (κ1) is 20.2. The number of benzene rings is 2. The van der Waals surface area contributed by atoms with E-state index in [0.717, 1.165) is 5.56 Å². The minimum absolute atomic E-state index is 0.124. The molecular formula is C19H19N3O4S. The molecule has 0 bridgehead atoms. The third-order valence-electron chi connectivity index (χ3n) is 3.62. The van der Waals surface area contributed by atoms with E-state index < -0.39 is 16.0 Å². The number of hydrogen-bond acceptors (Lipinski definition) is 6. The van der Waals surface area contributed by atoms with E-state index in [4.69, 9.17) is 5.26 Å². The molecule has 0 fully saturated rings. The molecule has 8 heteroatoms. The van der Waals surface area contributed by atoms with Gasteiger partial charge >= 0.3 is 5.97 Å². The van der Waals surface area contributed by atoms with Crippen LogP contribution in [0.3, 0.4) is 0 Å². The van der Waals surface area contributed by atoms with Gasteiger partial charge in [0.2, 0.25) is 10.0 Å². The van der Waals surface area contributed by atoms with Crippen LogP contribution in [0.15, 0.2) is 71.3 Å². The molecule has 0 amide bonds. The van der Waals surface area contributed by atoms with E-state index in [0.29, 0.717) is 18.7 Å². The summed E-state index contributed by atoms with van der Waals surface area (Å²) in [7, 11) is -2.44. The number of ether oxygens (including phenoxy) is 1. The third kappa shape index (κ3) is 5.95. The van der Waals surface area contributed by atoms with Crippen molar-refractivity contribution in [2.75, 3.05) is 19.0 Å². The third-order valence-corrected chi connectivity index (χ3v) is 5.10. The van der Waals surface area contributed by atoms with Crippen molar-refractivity contribution in [1.29, 1.82) is 5.26 Å². The predicted molar refractivity (Wildman–Crippen MR) is 101 cm³/mol. The van der Waals surface area contributed by atoms with Crippen LogP contribution in [-0.4, -0.2) is 28.0 Å². The number of anilines is 1. The van der Waals surface area contributed by atoms with E-state index in [1.165, 1.54) is 37.6 Å². The highest BCUT2D eigenvalue weighted by Gasteiger charge is 2.13. The summed E-state index contributed by atoms with van der Waals surface area (Å²) in [5.74, 6) is -0.758. The Hall–Kier alpha value is -3.15. The second-order valence-electron chi connectivity index (χ2n) is 5.46. The van der Waals surface area contributed by atoms with Gasteiger partial charge in [0.25, 0.3) is 0 Å². The van der Waals surface area contributed by atoms with Crippen molar-refractivity contribution in [3.63, 3.8) is 0 Å². The van der Waals surface area contributed by atoms with E-state index >= 15 is 0 Å². The van der Waals surface area contributed by atoms with Crippen molar-refractivity contribution in [3.8, 4) is 6.07 Å². The molecule has 2 N–H and O–H groups in total. The number of hydrogen-bond donors (Lipinski definition) is 2. The Bertz CT molecular complexity index is 947. The van der Waals surface area contributed by atoms with E-state index in [1.54, 1.807) is 6.07 Å². The number of nitriles is 1. The normalized spacial score (nSPS) is 11.5. The summed E-state index contributed by atoms with van der Waals surface area (Å²) in [6.45, 7) is 0.291. The molecule has 2 aromatic carbocycles. The number of nitrogens with zero attached hydrogens (tertiary/aromatic N) is 1. The molecule has 0 aliphatic carbocycles. The molecule has 0 atom stereocenters. The van der Waals surface area contributed by atoms with Gasteiger partial charge in [-0.3, -0.25) is 0 Å². The quantitative estimate of drug-likeness (QED) is 0.410. The summed E-state index contributed by atoms with van der Waals surface area (Å²) in [6, 6.07) is 17.2. The van der Waals surface area contributed by atoms with Crippen LogP contribution in [0.25, 0.3) is 0 Å². The fraction of sp³-hybridized carbons (Fsp3) is 0.158. The topological polar surface area (TPSA) is 108 Å². The lowest BCUT2D eigenvalue weighted by Crippen LogP contribution is -2.25. The average molecular weight is 385 g/mol. The summed E-state index contributed by atoms with van der Waals surface area (Å²) < 4.78 is 31.7. The number of methoxy groups -OCH3 is 1. The van der Waals surface area contributed by atoms with Crippen LogP contribution in [0.1, 0.15) is 5.56 Å². The summed E-state index contributed by atoms with van der Waals surface area (Å²) in [5.41, 5.74) is 1.37. The molecule has 0 unspecified atom stereocenters. The summed E-state index contributed by atoms with van der Waals surface area (Å²) in [6.07, 6.45) is 1.79. The van der Waals surface area contributed by atoms with Gasteiger partial charge in [-0.05, 0) is 36.2 Å². The largest absolute Gasteiger partial charge is 0.465 e. The SMILES string of the molecule is COC(=O)/C(C#N)=C/Nc1ccc(S(=O)(=O)NCCc2ccccc2)cc1.